The predicted octanol–water partition coefficient (Wildman–Crippen LogP) is 2.94. The minimum atomic E-state index is 0.122. The van der Waals surface area contributed by atoms with Crippen LogP contribution in [0.5, 0.6) is 0 Å². The van der Waals surface area contributed by atoms with Gasteiger partial charge in [0.05, 0.1) is 0 Å². The van der Waals surface area contributed by atoms with Crippen molar-refractivity contribution in [1.82, 2.24) is 5.32 Å². The number of amides is 1. The van der Waals surface area contributed by atoms with Crippen LogP contribution in [0.25, 0.3) is 0 Å². The number of hydrogen-bond donors (Lipinski definition) is 2. The predicted molar refractivity (Wildman–Crippen MR) is 80.7 cm³/mol. The molecule has 19 heavy (non-hydrogen) atoms. The number of nitrogens with one attached hydrogen (secondary N) is 1. The Balaban J connectivity index is 2.25. The number of unbranched alkanes of at least 4 members (excludes halogenated alkanes) is 1. The largest absolute Gasteiger partial charge is 0.356 e. The Kier molecular flexibility index (Phi) is 6.84. The monoisotopic (exact) mass is 268 g/mol. The highest BCUT2D eigenvalue weighted by atomic mass is 16.1. The first-order valence-electron chi connectivity index (χ1n) is 7.95. The van der Waals surface area contributed by atoms with Crippen LogP contribution in [0, 0.1) is 23.7 Å². The Hall–Kier alpha value is -0.570. The fourth-order valence-electron chi connectivity index (χ4n) is 3.07. The quantitative estimate of drug-likeness (QED) is 0.728. The van der Waals surface area contributed by atoms with E-state index < -0.39 is 0 Å². The molecule has 0 bridgehead atoms. The fourth-order valence-corrected chi connectivity index (χ4v) is 3.07. The molecule has 1 aliphatic rings. The van der Waals surface area contributed by atoms with Crippen molar-refractivity contribution in [3.63, 3.8) is 0 Å². The molecule has 112 valence electrons. The Morgan fingerprint density at radius 2 is 1.89 bits per heavy atom. The van der Waals surface area contributed by atoms with E-state index in [4.69, 9.17) is 5.73 Å². The van der Waals surface area contributed by atoms with Crippen LogP contribution in [-0.2, 0) is 4.79 Å². The summed E-state index contributed by atoms with van der Waals surface area (Å²) < 4.78 is 0. The van der Waals surface area contributed by atoms with Crippen molar-refractivity contribution in [3.8, 4) is 0 Å². The maximum atomic E-state index is 12.2. The van der Waals surface area contributed by atoms with Gasteiger partial charge < -0.3 is 11.1 Å². The molecule has 0 spiro atoms. The molecule has 1 rings (SSSR count). The van der Waals surface area contributed by atoms with Gasteiger partial charge in [-0.1, -0.05) is 40.5 Å². The number of carbonyl (C=O) groups excluding carboxylic acids is 1. The maximum Gasteiger partial charge on any atom is 0.223 e. The summed E-state index contributed by atoms with van der Waals surface area (Å²) in [6.07, 6.45) is 5.47. The average Bonchev–Trinajstić information content (AvgIpc) is 2.32. The maximum absolute atomic E-state index is 12.2. The molecule has 0 aliphatic heterocycles. The van der Waals surface area contributed by atoms with Gasteiger partial charge in [-0.05, 0) is 37.0 Å². The lowest BCUT2D eigenvalue weighted by atomic mass is 9.72. The zero-order valence-electron chi connectivity index (χ0n) is 13.1. The molecule has 1 aliphatic carbocycles. The van der Waals surface area contributed by atoms with Crippen LogP contribution in [0.1, 0.15) is 59.8 Å². The Labute approximate surface area is 118 Å². The summed E-state index contributed by atoms with van der Waals surface area (Å²) in [6.45, 7) is 9.68. The third-order valence-corrected chi connectivity index (χ3v) is 4.53. The van der Waals surface area contributed by atoms with Gasteiger partial charge >= 0.3 is 0 Å². The third kappa shape index (κ3) is 5.52. The summed E-state index contributed by atoms with van der Waals surface area (Å²) in [4.78, 5) is 12.2. The van der Waals surface area contributed by atoms with Crippen molar-refractivity contribution >= 4 is 5.91 Å². The van der Waals surface area contributed by atoms with Crippen molar-refractivity contribution in [2.24, 2.45) is 29.4 Å². The molecule has 4 unspecified atom stereocenters. The van der Waals surface area contributed by atoms with Crippen LogP contribution < -0.4 is 11.1 Å². The van der Waals surface area contributed by atoms with E-state index in [1.54, 1.807) is 0 Å². The highest BCUT2D eigenvalue weighted by molar-refractivity contribution is 5.79. The molecule has 1 amide bonds. The lowest BCUT2D eigenvalue weighted by molar-refractivity contribution is -0.128. The number of hydrogen-bond acceptors (Lipinski definition) is 2. The fraction of sp³-hybridized carbons (Fsp3) is 0.938. The van der Waals surface area contributed by atoms with E-state index in [1.807, 2.05) is 0 Å². The summed E-state index contributed by atoms with van der Waals surface area (Å²) in [6, 6.07) is 0.188. The molecular weight excluding hydrogens is 236 g/mol. The van der Waals surface area contributed by atoms with Crippen LogP contribution >= 0.6 is 0 Å². The third-order valence-electron chi connectivity index (χ3n) is 4.53. The van der Waals surface area contributed by atoms with Crippen LogP contribution in [0.15, 0.2) is 0 Å². The lowest BCUT2D eigenvalue weighted by Crippen LogP contribution is -2.45. The molecule has 4 atom stereocenters. The lowest BCUT2D eigenvalue weighted by Gasteiger charge is -2.36. The first kappa shape index (κ1) is 16.5. The van der Waals surface area contributed by atoms with Gasteiger partial charge in [-0.25, -0.2) is 0 Å². The molecule has 0 radical (unpaired) electrons. The number of rotatable bonds is 6. The second-order valence-corrected chi connectivity index (χ2v) is 6.88. The SMILES string of the molecule is CC(C)CCCCNC(=O)C1CC(N)C(C)CC1C. The molecule has 0 aromatic rings. The summed E-state index contributed by atoms with van der Waals surface area (Å²) in [7, 11) is 0. The van der Waals surface area contributed by atoms with Crippen LogP contribution in [0.4, 0.5) is 0 Å². The second-order valence-electron chi connectivity index (χ2n) is 6.88. The Bertz CT molecular complexity index is 278. The van der Waals surface area contributed by atoms with Crippen LogP contribution in [0.2, 0.25) is 0 Å². The molecule has 3 nitrogen and oxygen atoms in total. The van der Waals surface area contributed by atoms with Crippen molar-refractivity contribution in [2.45, 2.75) is 65.8 Å². The molecule has 0 aromatic carbocycles. The van der Waals surface area contributed by atoms with Gasteiger partial charge in [0.1, 0.15) is 0 Å². The standard InChI is InChI=1S/C16H32N2O/c1-11(2)7-5-6-8-18-16(19)14-10-15(17)13(4)9-12(14)3/h11-15H,5-10,17H2,1-4H3,(H,18,19). The Morgan fingerprint density at radius 3 is 2.53 bits per heavy atom. The van der Waals surface area contributed by atoms with E-state index >= 15 is 0 Å². The topological polar surface area (TPSA) is 55.1 Å². The number of carbonyl (C=O) groups is 1. The van der Waals surface area contributed by atoms with E-state index in [-0.39, 0.29) is 17.9 Å². The Morgan fingerprint density at radius 1 is 1.21 bits per heavy atom. The average molecular weight is 268 g/mol. The van der Waals surface area contributed by atoms with E-state index in [0.717, 1.165) is 31.7 Å². The van der Waals surface area contributed by atoms with Crippen molar-refractivity contribution < 1.29 is 4.79 Å². The smallest absolute Gasteiger partial charge is 0.223 e. The number of nitrogens with two attached hydrogens (primary N) is 1. The highest BCUT2D eigenvalue weighted by Gasteiger charge is 2.34. The van der Waals surface area contributed by atoms with Crippen LogP contribution in [0.3, 0.4) is 0 Å². The van der Waals surface area contributed by atoms with Crippen molar-refractivity contribution in [1.29, 1.82) is 0 Å². The van der Waals surface area contributed by atoms with Gasteiger partial charge in [0.2, 0.25) is 5.91 Å². The van der Waals surface area contributed by atoms with Gasteiger partial charge in [-0.2, -0.15) is 0 Å². The van der Waals surface area contributed by atoms with Crippen LogP contribution in [-0.4, -0.2) is 18.5 Å². The molecule has 1 fully saturated rings. The summed E-state index contributed by atoms with van der Waals surface area (Å²) in [5.74, 6) is 2.11. The first-order valence-corrected chi connectivity index (χ1v) is 7.95. The van der Waals surface area contributed by atoms with Gasteiger partial charge in [0.15, 0.2) is 0 Å². The minimum Gasteiger partial charge on any atom is -0.356 e. The van der Waals surface area contributed by atoms with Gasteiger partial charge in [0, 0.05) is 18.5 Å². The molecule has 3 heteroatoms. The van der Waals surface area contributed by atoms with Gasteiger partial charge in [-0.15, -0.1) is 0 Å². The summed E-state index contributed by atoms with van der Waals surface area (Å²) in [5, 5.41) is 3.10. The van der Waals surface area contributed by atoms with Crippen molar-refractivity contribution in [3.05, 3.63) is 0 Å². The summed E-state index contributed by atoms with van der Waals surface area (Å²) in [5.41, 5.74) is 6.10. The van der Waals surface area contributed by atoms with Crippen molar-refractivity contribution in [2.75, 3.05) is 6.54 Å². The minimum absolute atomic E-state index is 0.122. The van der Waals surface area contributed by atoms with E-state index in [1.165, 1.54) is 12.8 Å². The van der Waals surface area contributed by atoms with E-state index in [2.05, 4.69) is 33.0 Å². The van der Waals surface area contributed by atoms with Gasteiger partial charge in [0.25, 0.3) is 0 Å². The molecule has 3 N–H and O–H groups in total. The van der Waals surface area contributed by atoms with E-state index in [9.17, 15) is 4.79 Å². The van der Waals surface area contributed by atoms with Gasteiger partial charge in [-0.3, -0.25) is 4.79 Å². The normalized spacial score (nSPS) is 31.5. The first-order chi connectivity index (χ1) is 8.91. The zero-order valence-corrected chi connectivity index (χ0v) is 13.1. The zero-order chi connectivity index (χ0) is 14.4. The summed E-state index contributed by atoms with van der Waals surface area (Å²) >= 11 is 0. The molecular formula is C16H32N2O. The van der Waals surface area contributed by atoms with E-state index in [0.29, 0.717) is 11.8 Å². The highest BCUT2D eigenvalue weighted by Crippen LogP contribution is 2.32. The molecule has 0 saturated heterocycles. The second kappa shape index (κ2) is 7.88. The molecule has 0 aromatic heterocycles. The molecule has 1 saturated carbocycles. The molecule has 0 heterocycles.